The lowest BCUT2D eigenvalue weighted by Gasteiger charge is -2.19. The van der Waals surface area contributed by atoms with Crippen LogP contribution < -0.4 is 9.62 Å². The van der Waals surface area contributed by atoms with E-state index in [1.807, 2.05) is 5.38 Å². The van der Waals surface area contributed by atoms with Crippen molar-refractivity contribution >= 4 is 37.4 Å². The van der Waals surface area contributed by atoms with Crippen LogP contribution in [0.5, 0.6) is 0 Å². The molecule has 1 unspecified atom stereocenters. The fourth-order valence-corrected chi connectivity index (χ4v) is 4.06. The van der Waals surface area contributed by atoms with Gasteiger partial charge < -0.3 is 4.90 Å². The highest BCUT2D eigenvalue weighted by Gasteiger charge is 2.26. The van der Waals surface area contributed by atoms with Crippen LogP contribution in [0.1, 0.15) is 19.2 Å². The highest BCUT2D eigenvalue weighted by atomic mass is 32.2. The normalized spacial score (nSPS) is 19.2. The third-order valence-electron chi connectivity index (χ3n) is 3.89. The Kier molecular flexibility index (Phi) is 4.33. The molecular formula is C14H20N4O2S2. The van der Waals surface area contributed by atoms with E-state index in [0.717, 1.165) is 47.8 Å². The predicted octanol–water partition coefficient (Wildman–Crippen LogP) is 1.63. The molecule has 0 aromatic carbocycles. The zero-order valence-electron chi connectivity index (χ0n) is 12.7. The number of hydrogen-bond donors (Lipinski definition) is 1. The lowest BCUT2D eigenvalue weighted by molar-refractivity contribution is 0.545. The van der Waals surface area contributed by atoms with Crippen LogP contribution in [0.25, 0.3) is 10.2 Å². The summed E-state index contributed by atoms with van der Waals surface area (Å²) < 4.78 is 25.0. The Balaban J connectivity index is 1.79. The van der Waals surface area contributed by atoms with Gasteiger partial charge >= 0.3 is 0 Å². The summed E-state index contributed by atoms with van der Waals surface area (Å²) in [6.07, 6.45) is 2.99. The van der Waals surface area contributed by atoms with Gasteiger partial charge in [0.05, 0.1) is 11.6 Å². The van der Waals surface area contributed by atoms with Crippen LogP contribution in [-0.4, -0.2) is 44.3 Å². The fourth-order valence-electron chi connectivity index (χ4n) is 2.74. The van der Waals surface area contributed by atoms with E-state index in [9.17, 15) is 8.42 Å². The summed E-state index contributed by atoms with van der Waals surface area (Å²) in [5.41, 5.74) is 0. The SMILES string of the molecule is CCc1nc(N2CCC(CNS(C)(=O)=O)C2)c2ccsc2n1. The van der Waals surface area contributed by atoms with Gasteiger partial charge in [0, 0.05) is 26.1 Å². The number of aryl methyl sites for hydroxylation is 1. The number of nitrogens with zero attached hydrogens (tertiary/aromatic N) is 3. The molecule has 2 aromatic heterocycles. The zero-order chi connectivity index (χ0) is 15.7. The first-order valence-electron chi connectivity index (χ1n) is 7.40. The average Bonchev–Trinajstić information content (AvgIpc) is 3.12. The first kappa shape index (κ1) is 15.6. The summed E-state index contributed by atoms with van der Waals surface area (Å²) in [7, 11) is -3.12. The van der Waals surface area contributed by atoms with Gasteiger partial charge in [-0.05, 0) is 23.8 Å². The van der Waals surface area contributed by atoms with Crippen molar-refractivity contribution in [2.45, 2.75) is 19.8 Å². The fraction of sp³-hybridized carbons (Fsp3) is 0.571. The molecule has 1 aliphatic rings. The van der Waals surface area contributed by atoms with Crippen molar-refractivity contribution in [2.24, 2.45) is 5.92 Å². The Morgan fingerprint density at radius 2 is 2.27 bits per heavy atom. The number of rotatable bonds is 5. The molecule has 1 aliphatic heterocycles. The second kappa shape index (κ2) is 6.10. The van der Waals surface area contributed by atoms with Crippen molar-refractivity contribution in [3.05, 3.63) is 17.3 Å². The van der Waals surface area contributed by atoms with E-state index in [1.54, 1.807) is 11.3 Å². The van der Waals surface area contributed by atoms with E-state index in [-0.39, 0.29) is 0 Å². The number of nitrogens with one attached hydrogen (secondary N) is 1. The van der Waals surface area contributed by atoms with Gasteiger partial charge in [0.25, 0.3) is 0 Å². The third kappa shape index (κ3) is 3.39. The topological polar surface area (TPSA) is 75.2 Å². The maximum absolute atomic E-state index is 11.2. The molecule has 3 heterocycles. The first-order chi connectivity index (χ1) is 10.5. The van der Waals surface area contributed by atoms with Gasteiger partial charge in [-0.15, -0.1) is 11.3 Å². The van der Waals surface area contributed by atoms with Crippen LogP contribution in [0.15, 0.2) is 11.4 Å². The van der Waals surface area contributed by atoms with E-state index in [0.29, 0.717) is 12.5 Å². The molecule has 0 bridgehead atoms. The molecule has 8 heteroatoms. The predicted molar refractivity (Wildman–Crippen MR) is 90.0 cm³/mol. The molecule has 1 saturated heterocycles. The Hall–Kier alpha value is -1.25. The van der Waals surface area contributed by atoms with Crippen molar-refractivity contribution in [3.63, 3.8) is 0 Å². The zero-order valence-corrected chi connectivity index (χ0v) is 14.4. The van der Waals surface area contributed by atoms with Crippen LogP contribution in [0.2, 0.25) is 0 Å². The van der Waals surface area contributed by atoms with Gasteiger partial charge in [-0.3, -0.25) is 0 Å². The van der Waals surface area contributed by atoms with Crippen LogP contribution >= 0.6 is 11.3 Å². The number of anilines is 1. The minimum absolute atomic E-state index is 0.323. The number of hydrogen-bond acceptors (Lipinski definition) is 6. The molecule has 0 amide bonds. The van der Waals surface area contributed by atoms with E-state index in [1.165, 1.54) is 6.26 Å². The standard InChI is InChI=1S/C14H20N4O2S2/c1-3-12-16-13(11-5-7-21-14(11)17-12)18-6-4-10(9-18)8-15-22(2,19)20/h5,7,10,15H,3-4,6,8-9H2,1-2H3. The summed E-state index contributed by atoms with van der Waals surface area (Å²) in [6.45, 7) is 4.28. The van der Waals surface area contributed by atoms with Gasteiger partial charge in [0.2, 0.25) is 10.0 Å². The smallest absolute Gasteiger partial charge is 0.208 e. The molecule has 1 N–H and O–H groups in total. The number of thiophene rings is 1. The summed E-state index contributed by atoms with van der Waals surface area (Å²) in [5.74, 6) is 2.18. The van der Waals surface area contributed by atoms with Crippen LogP contribution in [0.4, 0.5) is 5.82 Å². The quantitative estimate of drug-likeness (QED) is 0.895. The molecule has 120 valence electrons. The Labute approximate surface area is 134 Å². The summed E-state index contributed by atoms with van der Waals surface area (Å²) in [6, 6.07) is 2.07. The van der Waals surface area contributed by atoms with Crippen molar-refractivity contribution in [1.29, 1.82) is 0 Å². The van der Waals surface area contributed by atoms with Gasteiger partial charge in [-0.25, -0.2) is 23.1 Å². The van der Waals surface area contributed by atoms with E-state index < -0.39 is 10.0 Å². The monoisotopic (exact) mass is 340 g/mol. The van der Waals surface area contributed by atoms with Crippen molar-refractivity contribution in [2.75, 3.05) is 30.8 Å². The Morgan fingerprint density at radius 3 is 3.00 bits per heavy atom. The first-order valence-corrected chi connectivity index (χ1v) is 10.2. The van der Waals surface area contributed by atoms with Crippen molar-refractivity contribution in [3.8, 4) is 0 Å². The molecule has 2 aromatic rings. The molecule has 0 radical (unpaired) electrons. The molecule has 6 nitrogen and oxygen atoms in total. The molecule has 1 fully saturated rings. The van der Waals surface area contributed by atoms with E-state index in [4.69, 9.17) is 4.98 Å². The minimum Gasteiger partial charge on any atom is -0.356 e. The van der Waals surface area contributed by atoms with E-state index in [2.05, 4.69) is 27.6 Å². The lowest BCUT2D eigenvalue weighted by atomic mass is 10.1. The van der Waals surface area contributed by atoms with Gasteiger partial charge in [0.15, 0.2) is 0 Å². The Morgan fingerprint density at radius 1 is 1.45 bits per heavy atom. The van der Waals surface area contributed by atoms with Crippen molar-refractivity contribution in [1.82, 2.24) is 14.7 Å². The van der Waals surface area contributed by atoms with Crippen LogP contribution in [0.3, 0.4) is 0 Å². The number of sulfonamides is 1. The molecular weight excluding hydrogens is 320 g/mol. The highest BCUT2D eigenvalue weighted by Crippen LogP contribution is 2.31. The Bertz CT molecular complexity index is 772. The molecule has 0 spiro atoms. The molecule has 3 rings (SSSR count). The maximum atomic E-state index is 11.2. The largest absolute Gasteiger partial charge is 0.356 e. The summed E-state index contributed by atoms with van der Waals surface area (Å²) in [4.78, 5) is 12.5. The molecule has 1 atom stereocenters. The second-order valence-corrected chi connectivity index (χ2v) is 8.41. The highest BCUT2D eigenvalue weighted by molar-refractivity contribution is 7.88. The molecule has 0 saturated carbocycles. The lowest BCUT2D eigenvalue weighted by Crippen LogP contribution is -2.30. The summed E-state index contributed by atoms with van der Waals surface area (Å²) in [5, 5.41) is 3.14. The van der Waals surface area contributed by atoms with Crippen LogP contribution in [-0.2, 0) is 16.4 Å². The third-order valence-corrected chi connectivity index (χ3v) is 5.38. The molecule has 0 aliphatic carbocycles. The number of fused-ring (bicyclic) bond motifs is 1. The van der Waals surface area contributed by atoms with E-state index >= 15 is 0 Å². The maximum Gasteiger partial charge on any atom is 0.208 e. The van der Waals surface area contributed by atoms with Crippen molar-refractivity contribution < 1.29 is 8.42 Å². The number of aromatic nitrogens is 2. The second-order valence-electron chi connectivity index (χ2n) is 5.68. The average molecular weight is 340 g/mol. The molecule has 22 heavy (non-hydrogen) atoms. The van der Waals surface area contributed by atoms with Gasteiger partial charge in [0.1, 0.15) is 16.5 Å². The minimum atomic E-state index is -3.12. The summed E-state index contributed by atoms with van der Waals surface area (Å²) >= 11 is 1.63. The van der Waals surface area contributed by atoms with Gasteiger partial charge in [-0.2, -0.15) is 0 Å². The van der Waals surface area contributed by atoms with Crippen LogP contribution in [0, 0.1) is 5.92 Å². The van der Waals surface area contributed by atoms with Gasteiger partial charge in [-0.1, -0.05) is 6.92 Å².